The third-order valence-electron chi connectivity index (χ3n) is 5.75. The Kier molecular flexibility index (Phi) is 11.2. The van der Waals surface area contributed by atoms with Crippen LogP contribution in [0.15, 0.2) is 48.5 Å². The topological polar surface area (TPSA) is 108 Å². The summed E-state index contributed by atoms with van der Waals surface area (Å²) in [6.07, 6.45) is 0.941. The van der Waals surface area contributed by atoms with E-state index in [9.17, 15) is 19.5 Å². The number of hydrogen-bond acceptors (Lipinski definition) is 5. The lowest BCUT2D eigenvalue weighted by Crippen LogP contribution is -2.54. The molecule has 0 aliphatic heterocycles. The maximum atomic E-state index is 14.2. The van der Waals surface area contributed by atoms with Crippen LogP contribution in [-0.4, -0.2) is 52.1 Å². The molecule has 0 aliphatic carbocycles. The van der Waals surface area contributed by atoms with Crippen molar-refractivity contribution in [3.05, 3.63) is 65.2 Å². The SMILES string of the molecule is CCCCN(C(=O)C(Cc1ccc(O)cc1)NC(=O)OC(C)(C)C)C(C(=O)NC(C)C)c1cccc(C)c1. The van der Waals surface area contributed by atoms with Crippen molar-refractivity contribution in [1.82, 2.24) is 15.5 Å². The number of aromatic hydroxyl groups is 1. The third-order valence-corrected chi connectivity index (χ3v) is 5.75. The molecule has 2 rings (SSSR count). The number of amides is 3. The standard InChI is InChI=1S/C30H43N3O5/c1-8-9-17-33(26(27(35)31-20(2)3)23-12-10-11-21(4)18-23)28(36)25(32-29(37)38-30(5,6)7)19-22-13-15-24(34)16-14-22/h10-16,18,20,25-26,34H,8-9,17,19H2,1-7H3,(H,31,35)(H,32,37). The van der Waals surface area contributed by atoms with Gasteiger partial charge in [0, 0.05) is 19.0 Å². The van der Waals surface area contributed by atoms with Gasteiger partial charge in [-0.15, -0.1) is 0 Å². The summed E-state index contributed by atoms with van der Waals surface area (Å²) in [5.74, 6) is -0.565. The fraction of sp³-hybridized carbons (Fsp3) is 0.500. The molecule has 0 spiro atoms. The average molecular weight is 526 g/mol. The minimum absolute atomic E-state index is 0.103. The van der Waals surface area contributed by atoms with Crippen molar-refractivity contribution in [2.24, 2.45) is 0 Å². The first kappa shape index (κ1) is 30.7. The van der Waals surface area contributed by atoms with E-state index in [0.717, 1.165) is 17.5 Å². The molecule has 3 amide bonds. The number of carbonyl (C=O) groups excluding carboxylic acids is 3. The number of carbonyl (C=O) groups is 3. The Bertz CT molecular complexity index is 1080. The van der Waals surface area contributed by atoms with Gasteiger partial charge < -0.3 is 25.4 Å². The maximum absolute atomic E-state index is 14.2. The minimum atomic E-state index is -0.995. The predicted molar refractivity (Wildman–Crippen MR) is 149 cm³/mol. The number of hydrogen-bond donors (Lipinski definition) is 3. The van der Waals surface area contributed by atoms with E-state index in [-0.39, 0.29) is 30.0 Å². The van der Waals surface area contributed by atoms with Crippen molar-refractivity contribution in [1.29, 1.82) is 0 Å². The van der Waals surface area contributed by atoms with Crippen LogP contribution in [0.25, 0.3) is 0 Å². The van der Waals surface area contributed by atoms with Crippen LogP contribution in [0.1, 0.15) is 77.1 Å². The van der Waals surface area contributed by atoms with Gasteiger partial charge in [-0.25, -0.2) is 4.79 Å². The molecule has 0 aromatic heterocycles. The summed E-state index contributed by atoms with van der Waals surface area (Å²) in [7, 11) is 0. The van der Waals surface area contributed by atoms with Crippen LogP contribution in [0.4, 0.5) is 4.79 Å². The Balaban J connectivity index is 2.54. The van der Waals surface area contributed by atoms with E-state index in [1.807, 2.05) is 52.0 Å². The second kappa shape index (κ2) is 13.8. The smallest absolute Gasteiger partial charge is 0.408 e. The van der Waals surface area contributed by atoms with Crippen molar-refractivity contribution in [2.75, 3.05) is 6.54 Å². The highest BCUT2D eigenvalue weighted by molar-refractivity contribution is 5.92. The summed E-state index contributed by atoms with van der Waals surface area (Å²) < 4.78 is 5.46. The summed E-state index contributed by atoms with van der Waals surface area (Å²) in [5.41, 5.74) is 1.67. The van der Waals surface area contributed by atoms with Gasteiger partial charge in [0.15, 0.2) is 0 Å². The number of aryl methyl sites for hydroxylation is 1. The van der Waals surface area contributed by atoms with E-state index in [4.69, 9.17) is 4.74 Å². The molecule has 8 nitrogen and oxygen atoms in total. The van der Waals surface area contributed by atoms with Gasteiger partial charge in [0.1, 0.15) is 23.4 Å². The third kappa shape index (κ3) is 9.72. The minimum Gasteiger partial charge on any atom is -0.508 e. The van der Waals surface area contributed by atoms with Gasteiger partial charge in [0.25, 0.3) is 0 Å². The van der Waals surface area contributed by atoms with Crippen molar-refractivity contribution < 1.29 is 24.2 Å². The Labute approximate surface area is 226 Å². The van der Waals surface area contributed by atoms with E-state index in [1.165, 1.54) is 12.1 Å². The molecule has 0 heterocycles. The van der Waals surface area contributed by atoms with E-state index in [0.29, 0.717) is 18.5 Å². The molecule has 38 heavy (non-hydrogen) atoms. The molecule has 2 unspecified atom stereocenters. The zero-order valence-corrected chi connectivity index (χ0v) is 23.7. The summed E-state index contributed by atoms with van der Waals surface area (Å²) >= 11 is 0. The number of phenols is 1. The van der Waals surface area contributed by atoms with Gasteiger partial charge in [-0.3, -0.25) is 9.59 Å². The molecule has 0 fully saturated rings. The molecule has 3 N–H and O–H groups in total. The van der Waals surface area contributed by atoms with Gasteiger partial charge in [-0.05, 0) is 71.2 Å². The molecule has 208 valence electrons. The van der Waals surface area contributed by atoms with Crippen LogP contribution in [0.2, 0.25) is 0 Å². The molecule has 0 bridgehead atoms. The fourth-order valence-electron chi connectivity index (χ4n) is 4.09. The summed E-state index contributed by atoms with van der Waals surface area (Å²) in [5, 5.41) is 15.4. The zero-order valence-electron chi connectivity index (χ0n) is 23.7. The molecule has 8 heteroatoms. The predicted octanol–water partition coefficient (Wildman–Crippen LogP) is 5.03. The first-order valence-corrected chi connectivity index (χ1v) is 13.3. The van der Waals surface area contributed by atoms with Crippen LogP contribution in [-0.2, 0) is 20.7 Å². The Hall–Kier alpha value is -3.55. The molecule has 0 aliphatic rings. The zero-order chi connectivity index (χ0) is 28.5. The van der Waals surface area contributed by atoms with Gasteiger partial charge in [-0.2, -0.15) is 0 Å². The monoisotopic (exact) mass is 525 g/mol. The number of benzene rings is 2. The van der Waals surface area contributed by atoms with Crippen LogP contribution in [0.5, 0.6) is 5.75 Å². The van der Waals surface area contributed by atoms with E-state index < -0.39 is 23.8 Å². The summed E-state index contributed by atoms with van der Waals surface area (Å²) in [4.78, 5) is 42.2. The lowest BCUT2D eigenvalue weighted by atomic mass is 9.98. The highest BCUT2D eigenvalue weighted by Gasteiger charge is 2.36. The van der Waals surface area contributed by atoms with Crippen LogP contribution in [0.3, 0.4) is 0 Å². The number of nitrogens with one attached hydrogen (secondary N) is 2. The van der Waals surface area contributed by atoms with Crippen LogP contribution < -0.4 is 10.6 Å². The lowest BCUT2D eigenvalue weighted by Gasteiger charge is -2.35. The van der Waals surface area contributed by atoms with Gasteiger partial charge in [0.2, 0.25) is 11.8 Å². The lowest BCUT2D eigenvalue weighted by molar-refractivity contribution is -0.142. The van der Waals surface area contributed by atoms with Crippen LogP contribution >= 0.6 is 0 Å². The van der Waals surface area contributed by atoms with Gasteiger partial charge in [0.05, 0.1) is 0 Å². The number of nitrogens with zero attached hydrogens (tertiary/aromatic N) is 1. The first-order valence-electron chi connectivity index (χ1n) is 13.3. The van der Waals surface area contributed by atoms with E-state index in [2.05, 4.69) is 10.6 Å². The Morgan fingerprint density at radius 3 is 2.24 bits per heavy atom. The Morgan fingerprint density at radius 1 is 1.03 bits per heavy atom. The van der Waals surface area contributed by atoms with Gasteiger partial charge in [-0.1, -0.05) is 55.3 Å². The maximum Gasteiger partial charge on any atom is 0.408 e. The molecular weight excluding hydrogens is 482 g/mol. The molecule has 0 saturated heterocycles. The van der Waals surface area contributed by atoms with Crippen molar-refractivity contribution >= 4 is 17.9 Å². The summed E-state index contributed by atoms with van der Waals surface area (Å²) in [6, 6.07) is 12.0. The van der Waals surface area contributed by atoms with Crippen molar-refractivity contribution in [3.63, 3.8) is 0 Å². The van der Waals surface area contributed by atoms with E-state index >= 15 is 0 Å². The number of rotatable bonds is 11. The quantitative estimate of drug-likeness (QED) is 0.381. The number of phenolic OH excluding ortho intramolecular Hbond substituents is 1. The largest absolute Gasteiger partial charge is 0.508 e. The molecule has 2 aromatic rings. The highest BCUT2D eigenvalue weighted by Crippen LogP contribution is 2.25. The van der Waals surface area contributed by atoms with E-state index in [1.54, 1.807) is 37.8 Å². The molecule has 2 aromatic carbocycles. The van der Waals surface area contributed by atoms with Crippen LogP contribution in [0, 0.1) is 6.92 Å². The van der Waals surface area contributed by atoms with Gasteiger partial charge >= 0.3 is 6.09 Å². The average Bonchev–Trinajstić information content (AvgIpc) is 2.80. The molecule has 0 saturated carbocycles. The normalized spacial score (nSPS) is 12.9. The second-order valence-electron chi connectivity index (χ2n) is 10.9. The number of unbranched alkanes of at least 4 members (excludes halogenated alkanes) is 1. The van der Waals surface area contributed by atoms with Crippen molar-refractivity contribution in [3.8, 4) is 5.75 Å². The summed E-state index contributed by atoms with van der Waals surface area (Å²) in [6.45, 7) is 13.3. The molecular formula is C30H43N3O5. The Morgan fingerprint density at radius 2 is 1.68 bits per heavy atom. The fourth-order valence-corrected chi connectivity index (χ4v) is 4.09. The second-order valence-corrected chi connectivity index (χ2v) is 10.9. The number of ether oxygens (including phenoxy) is 1. The van der Waals surface area contributed by atoms with Crippen molar-refractivity contribution in [2.45, 2.75) is 91.5 Å². The molecule has 2 atom stereocenters. The number of alkyl carbamates (subject to hydrolysis) is 1. The molecule has 0 radical (unpaired) electrons. The highest BCUT2D eigenvalue weighted by atomic mass is 16.6. The first-order chi connectivity index (χ1) is 17.8.